The molecule has 2 heterocycles. The molecule has 0 bridgehead atoms. The Balaban J connectivity index is 1.84. The molecule has 0 aromatic carbocycles. The number of amides is 1. The number of aryl methyl sites for hydroxylation is 1. The van der Waals surface area contributed by atoms with E-state index in [-0.39, 0.29) is 18.4 Å². The van der Waals surface area contributed by atoms with Gasteiger partial charge in [0.2, 0.25) is 11.9 Å². The van der Waals surface area contributed by atoms with Crippen molar-refractivity contribution in [1.29, 1.82) is 0 Å². The second-order valence-corrected chi connectivity index (χ2v) is 3.60. The Labute approximate surface area is 97.2 Å². The van der Waals surface area contributed by atoms with Gasteiger partial charge in [-0.2, -0.15) is 5.10 Å². The largest absolute Gasteiger partial charge is 0.367 e. The zero-order valence-corrected chi connectivity index (χ0v) is 9.34. The predicted molar refractivity (Wildman–Crippen MR) is 59.6 cm³/mol. The van der Waals surface area contributed by atoms with Crippen LogP contribution in [0.3, 0.4) is 0 Å². The molecular weight excluding hydrogens is 222 g/mol. The molecular formula is C9H13N7O. The van der Waals surface area contributed by atoms with Gasteiger partial charge in [-0.15, -0.1) is 5.10 Å². The molecule has 0 saturated heterocycles. The topological polar surface area (TPSA) is 115 Å². The fraction of sp³-hybridized carbons (Fsp3) is 0.333. The summed E-state index contributed by atoms with van der Waals surface area (Å²) < 4.78 is 1.38. The lowest BCUT2D eigenvalue weighted by Crippen LogP contribution is -2.27. The van der Waals surface area contributed by atoms with Crippen LogP contribution in [0.15, 0.2) is 12.5 Å². The second kappa shape index (κ2) is 4.64. The number of aromatic amines is 1. The quantitative estimate of drug-likeness (QED) is 0.642. The van der Waals surface area contributed by atoms with Gasteiger partial charge >= 0.3 is 0 Å². The van der Waals surface area contributed by atoms with E-state index in [1.165, 1.54) is 11.0 Å². The standard InChI is InChI=1S/C9H13N7O/c1-6-7(3-13-14-6)2-11-8(17)4-16-5-12-9(10)15-16/h3,5H,2,4H2,1H3,(H2,10,15)(H,11,17)(H,13,14). The number of rotatable bonds is 4. The SMILES string of the molecule is Cc1[nH]ncc1CNC(=O)Cn1cnc(N)n1. The minimum absolute atomic E-state index is 0.0983. The van der Waals surface area contributed by atoms with E-state index in [1.54, 1.807) is 6.20 Å². The van der Waals surface area contributed by atoms with E-state index in [4.69, 9.17) is 5.73 Å². The number of H-pyrrole nitrogens is 1. The van der Waals surface area contributed by atoms with E-state index in [0.29, 0.717) is 6.54 Å². The summed E-state index contributed by atoms with van der Waals surface area (Å²) in [5, 5.41) is 13.2. The van der Waals surface area contributed by atoms with Gasteiger partial charge in [-0.25, -0.2) is 9.67 Å². The molecule has 0 aliphatic heterocycles. The molecule has 1 amide bonds. The van der Waals surface area contributed by atoms with Gasteiger partial charge in [-0.1, -0.05) is 0 Å². The molecule has 2 aromatic heterocycles. The van der Waals surface area contributed by atoms with Crippen LogP contribution in [-0.2, 0) is 17.9 Å². The molecule has 0 saturated carbocycles. The minimum Gasteiger partial charge on any atom is -0.367 e. The number of anilines is 1. The van der Waals surface area contributed by atoms with Crippen molar-refractivity contribution in [2.45, 2.75) is 20.0 Å². The number of hydrogen-bond donors (Lipinski definition) is 3. The average molecular weight is 235 g/mol. The van der Waals surface area contributed by atoms with E-state index in [1.807, 2.05) is 6.92 Å². The summed E-state index contributed by atoms with van der Waals surface area (Å²) in [4.78, 5) is 15.3. The molecule has 17 heavy (non-hydrogen) atoms. The molecule has 0 fully saturated rings. The second-order valence-electron chi connectivity index (χ2n) is 3.60. The zero-order chi connectivity index (χ0) is 12.3. The summed E-state index contributed by atoms with van der Waals surface area (Å²) in [6.07, 6.45) is 3.10. The number of nitrogens with one attached hydrogen (secondary N) is 2. The molecule has 0 spiro atoms. The fourth-order valence-electron chi connectivity index (χ4n) is 1.34. The Hall–Kier alpha value is -2.38. The maximum absolute atomic E-state index is 11.6. The Bertz CT molecular complexity index is 515. The molecule has 0 aliphatic rings. The molecule has 0 aliphatic carbocycles. The molecule has 0 radical (unpaired) electrons. The van der Waals surface area contributed by atoms with E-state index in [2.05, 4.69) is 25.6 Å². The van der Waals surface area contributed by atoms with Crippen LogP contribution < -0.4 is 11.1 Å². The predicted octanol–water partition coefficient (Wildman–Crippen LogP) is -0.792. The lowest BCUT2D eigenvalue weighted by Gasteiger charge is -2.03. The fourth-order valence-corrected chi connectivity index (χ4v) is 1.34. The first-order chi connectivity index (χ1) is 8.15. The molecule has 0 unspecified atom stereocenters. The number of carbonyl (C=O) groups is 1. The van der Waals surface area contributed by atoms with Gasteiger partial charge in [0.1, 0.15) is 12.9 Å². The average Bonchev–Trinajstić information content (AvgIpc) is 2.85. The summed E-state index contributed by atoms with van der Waals surface area (Å²) in [5.41, 5.74) is 7.23. The van der Waals surface area contributed by atoms with Crippen molar-refractivity contribution in [3.63, 3.8) is 0 Å². The number of nitrogen functional groups attached to an aromatic ring is 1. The van der Waals surface area contributed by atoms with Crippen LogP contribution >= 0.6 is 0 Å². The number of nitrogens with two attached hydrogens (primary N) is 1. The van der Waals surface area contributed by atoms with E-state index in [0.717, 1.165) is 11.3 Å². The molecule has 8 nitrogen and oxygen atoms in total. The third-order valence-electron chi connectivity index (χ3n) is 2.27. The highest BCUT2D eigenvalue weighted by atomic mass is 16.2. The van der Waals surface area contributed by atoms with Crippen molar-refractivity contribution in [1.82, 2.24) is 30.3 Å². The molecule has 8 heteroatoms. The molecule has 2 rings (SSSR count). The van der Waals surface area contributed by atoms with Gasteiger partial charge < -0.3 is 11.1 Å². The van der Waals surface area contributed by atoms with Gasteiger partial charge in [-0.3, -0.25) is 9.89 Å². The highest BCUT2D eigenvalue weighted by Crippen LogP contribution is 2.01. The summed E-state index contributed by atoms with van der Waals surface area (Å²) in [5.74, 6) is -0.000945. The Morgan fingerprint density at radius 2 is 2.47 bits per heavy atom. The van der Waals surface area contributed by atoms with Gasteiger partial charge in [0.25, 0.3) is 0 Å². The van der Waals surface area contributed by atoms with Gasteiger partial charge in [0, 0.05) is 17.8 Å². The summed E-state index contributed by atoms with van der Waals surface area (Å²) in [6, 6.07) is 0. The van der Waals surface area contributed by atoms with Gasteiger partial charge in [-0.05, 0) is 6.92 Å². The maximum Gasteiger partial charge on any atom is 0.242 e. The van der Waals surface area contributed by atoms with Crippen molar-refractivity contribution >= 4 is 11.9 Å². The first kappa shape index (κ1) is 11.1. The molecule has 90 valence electrons. The Morgan fingerprint density at radius 3 is 3.06 bits per heavy atom. The molecule has 0 atom stereocenters. The van der Waals surface area contributed by atoms with E-state index < -0.39 is 0 Å². The van der Waals surface area contributed by atoms with Gasteiger partial charge in [0.15, 0.2) is 0 Å². The summed E-state index contributed by atoms with van der Waals surface area (Å²) in [7, 11) is 0. The highest BCUT2D eigenvalue weighted by Gasteiger charge is 2.06. The van der Waals surface area contributed by atoms with Crippen molar-refractivity contribution in [2.75, 3.05) is 5.73 Å². The van der Waals surface area contributed by atoms with Crippen LogP contribution in [-0.4, -0.2) is 30.9 Å². The normalized spacial score (nSPS) is 10.4. The van der Waals surface area contributed by atoms with Crippen LogP contribution in [0.25, 0.3) is 0 Å². The van der Waals surface area contributed by atoms with Crippen molar-refractivity contribution < 1.29 is 4.79 Å². The van der Waals surface area contributed by atoms with Crippen LogP contribution in [0, 0.1) is 6.92 Å². The lowest BCUT2D eigenvalue weighted by atomic mass is 10.2. The maximum atomic E-state index is 11.6. The van der Waals surface area contributed by atoms with Crippen LogP contribution in [0.4, 0.5) is 5.95 Å². The van der Waals surface area contributed by atoms with Crippen molar-refractivity contribution in [3.05, 3.63) is 23.8 Å². The summed E-state index contributed by atoms with van der Waals surface area (Å²) >= 11 is 0. The minimum atomic E-state index is -0.157. The third kappa shape index (κ3) is 2.80. The molecule has 2 aromatic rings. The van der Waals surface area contributed by atoms with Crippen molar-refractivity contribution in [3.8, 4) is 0 Å². The molecule has 4 N–H and O–H groups in total. The zero-order valence-electron chi connectivity index (χ0n) is 9.34. The van der Waals surface area contributed by atoms with E-state index >= 15 is 0 Å². The van der Waals surface area contributed by atoms with Gasteiger partial charge in [0.05, 0.1) is 6.20 Å². The highest BCUT2D eigenvalue weighted by molar-refractivity contribution is 5.75. The summed E-state index contributed by atoms with van der Waals surface area (Å²) in [6.45, 7) is 2.43. The first-order valence-electron chi connectivity index (χ1n) is 5.05. The van der Waals surface area contributed by atoms with Crippen LogP contribution in [0.5, 0.6) is 0 Å². The number of carbonyl (C=O) groups excluding carboxylic acids is 1. The van der Waals surface area contributed by atoms with E-state index in [9.17, 15) is 4.79 Å². The van der Waals surface area contributed by atoms with Crippen LogP contribution in [0.2, 0.25) is 0 Å². The Kier molecular flexibility index (Phi) is 3.03. The third-order valence-corrected chi connectivity index (χ3v) is 2.27. The first-order valence-corrected chi connectivity index (χ1v) is 5.05. The number of hydrogen-bond acceptors (Lipinski definition) is 5. The number of aromatic nitrogens is 5. The lowest BCUT2D eigenvalue weighted by molar-refractivity contribution is -0.122. The smallest absolute Gasteiger partial charge is 0.242 e. The Morgan fingerprint density at radius 1 is 1.65 bits per heavy atom. The monoisotopic (exact) mass is 235 g/mol. The number of nitrogens with zero attached hydrogens (tertiary/aromatic N) is 4. The van der Waals surface area contributed by atoms with Crippen molar-refractivity contribution in [2.24, 2.45) is 0 Å². The van der Waals surface area contributed by atoms with Crippen LogP contribution in [0.1, 0.15) is 11.3 Å².